The number of methoxy groups -OCH3 is 1. The summed E-state index contributed by atoms with van der Waals surface area (Å²) in [5.74, 6) is 1.06. The normalized spacial score (nSPS) is 24.5. The number of hydrogen-bond donors (Lipinski definition) is 0. The second kappa shape index (κ2) is 7.25. The Morgan fingerprint density at radius 1 is 1.35 bits per heavy atom. The van der Waals surface area contributed by atoms with Crippen molar-refractivity contribution in [2.75, 3.05) is 25.1 Å². The summed E-state index contributed by atoms with van der Waals surface area (Å²) in [6.07, 6.45) is 9.71. The van der Waals surface area contributed by atoms with Crippen LogP contribution in [0.5, 0.6) is 0 Å². The van der Waals surface area contributed by atoms with Crippen LogP contribution in [0.25, 0.3) is 0 Å². The fraction of sp³-hybridized carbons (Fsp3) is 0.706. The van der Waals surface area contributed by atoms with E-state index >= 15 is 0 Å². The van der Waals surface area contributed by atoms with E-state index in [1.54, 1.807) is 6.20 Å². The van der Waals surface area contributed by atoms with Gasteiger partial charge in [-0.25, -0.2) is 14.8 Å². The van der Waals surface area contributed by atoms with Crippen molar-refractivity contribution in [1.29, 1.82) is 0 Å². The number of aromatic nitrogens is 2. The van der Waals surface area contributed by atoms with Crippen LogP contribution in [0.4, 0.5) is 5.82 Å². The molecule has 1 aliphatic heterocycles. The topological polar surface area (TPSA) is 64.6 Å². The zero-order valence-electron chi connectivity index (χ0n) is 13.9. The van der Waals surface area contributed by atoms with Crippen LogP contribution in [-0.4, -0.2) is 48.3 Å². The molecule has 0 unspecified atom stereocenters. The molecule has 2 heterocycles. The zero-order valence-corrected chi connectivity index (χ0v) is 13.9. The number of anilines is 1. The SMILES string of the molecule is CCCC[C@@H]1CN(c2cnc(C(=O)OC)cn2)C[C@H](C2CC2)O1. The first-order valence-electron chi connectivity index (χ1n) is 8.52. The smallest absolute Gasteiger partial charge is 0.358 e. The maximum Gasteiger partial charge on any atom is 0.358 e. The number of hydrogen-bond acceptors (Lipinski definition) is 6. The average Bonchev–Trinajstić information content (AvgIpc) is 3.44. The van der Waals surface area contributed by atoms with Crippen LogP contribution < -0.4 is 4.90 Å². The minimum Gasteiger partial charge on any atom is -0.464 e. The van der Waals surface area contributed by atoms with Crippen LogP contribution in [0.3, 0.4) is 0 Å². The molecule has 0 N–H and O–H groups in total. The number of rotatable bonds is 6. The standard InChI is InChI=1S/C17H25N3O3/c1-3-4-5-13-10-20(11-15(23-13)12-6-7-12)16-9-18-14(8-19-16)17(21)22-2/h8-9,12-13,15H,3-7,10-11H2,1-2H3/t13-,15-/m1/s1. The maximum absolute atomic E-state index is 11.5. The van der Waals surface area contributed by atoms with Gasteiger partial charge in [0.1, 0.15) is 5.82 Å². The first kappa shape index (κ1) is 16.2. The minimum absolute atomic E-state index is 0.241. The van der Waals surface area contributed by atoms with Gasteiger partial charge in [-0.2, -0.15) is 0 Å². The van der Waals surface area contributed by atoms with E-state index < -0.39 is 5.97 Å². The van der Waals surface area contributed by atoms with Crippen molar-refractivity contribution >= 4 is 11.8 Å². The second-order valence-electron chi connectivity index (χ2n) is 6.43. The number of carbonyl (C=O) groups is 1. The van der Waals surface area contributed by atoms with Gasteiger partial charge in [-0.15, -0.1) is 0 Å². The van der Waals surface area contributed by atoms with Gasteiger partial charge < -0.3 is 14.4 Å². The van der Waals surface area contributed by atoms with Crippen molar-refractivity contribution in [1.82, 2.24) is 9.97 Å². The Hall–Kier alpha value is -1.69. The molecule has 0 spiro atoms. The highest BCUT2D eigenvalue weighted by Gasteiger charge is 2.38. The van der Waals surface area contributed by atoms with E-state index in [9.17, 15) is 4.79 Å². The number of morpholine rings is 1. The lowest BCUT2D eigenvalue weighted by Crippen LogP contribution is -2.49. The highest BCUT2D eigenvalue weighted by molar-refractivity contribution is 5.86. The third kappa shape index (κ3) is 3.99. The summed E-state index contributed by atoms with van der Waals surface area (Å²) in [6, 6.07) is 0. The Labute approximate surface area is 137 Å². The largest absolute Gasteiger partial charge is 0.464 e. The molecule has 3 rings (SSSR count). The van der Waals surface area contributed by atoms with Gasteiger partial charge in [0, 0.05) is 13.1 Å². The van der Waals surface area contributed by atoms with E-state index in [1.807, 2.05) is 0 Å². The number of carbonyl (C=O) groups excluding carboxylic acids is 1. The van der Waals surface area contributed by atoms with E-state index in [4.69, 9.17) is 4.74 Å². The Morgan fingerprint density at radius 3 is 2.78 bits per heavy atom. The quantitative estimate of drug-likeness (QED) is 0.750. The molecule has 1 aromatic heterocycles. The predicted octanol–water partition coefficient (Wildman–Crippen LogP) is 2.44. The van der Waals surface area contributed by atoms with Crippen molar-refractivity contribution < 1.29 is 14.3 Å². The van der Waals surface area contributed by atoms with E-state index in [2.05, 4.69) is 26.5 Å². The average molecular weight is 319 g/mol. The molecule has 2 fully saturated rings. The number of unbranched alkanes of at least 4 members (excludes halogenated alkanes) is 1. The van der Waals surface area contributed by atoms with E-state index in [0.29, 0.717) is 12.0 Å². The monoisotopic (exact) mass is 319 g/mol. The van der Waals surface area contributed by atoms with Gasteiger partial charge in [0.05, 0.1) is 31.7 Å². The van der Waals surface area contributed by atoms with E-state index in [-0.39, 0.29) is 11.8 Å². The molecule has 6 heteroatoms. The number of esters is 1. The molecule has 0 amide bonds. The molecule has 6 nitrogen and oxygen atoms in total. The highest BCUT2D eigenvalue weighted by atomic mass is 16.5. The molecule has 1 saturated heterocycles. The van der Waals surface area contributed by atoms with Gasteiger partial charge in [-0.05, 0) is 25.2 Å². The predicted molar refractivity (Wildman–Crippen MR) is 86.5 cm³/mol. The Bertz CT molecular complexity index is 530. The molecule has 1 aliphatic carbocycles. The molecule has 2 atom stereocenters. The molecule has 126 valence electrons. The van der Waals surface area contributed by atoms with Crippen molar-refractivity contribution in [3.05, 3.63) is 18.1 Å². The van der Waals surface area contributed by atoms with Crippen LogP contribution >= 0.6 is 0 Å². The van der Waals surface area contributed by atoms with Gasteiger partial charge >= 0.3 is 5.97 Å². The summed E-state index contributed by atoms with van der Waals surface area (Å²) in [5, 5.41) is 0. The van der Waals surface area contributed by atoms with Crippen LogP contribution in [0, 0.1) is 5.92 Å². The molecule has 0 aromatic carbocycles. The highest BCUT2D eigenvalue weighted by Crippen LogP contribution is 2.37. The summed E-state index contributed by atoms with van der Waals surface area (Å²) in [7, 11) is 1.35. The lowest BCUT2D eigenvalue weighted by molar-refractivity contribution is -0.0412. The summed E-state index contributed by atoms with van der Waals surface area (Å²) < 4.78 is 10.9. The fourth-order valence-electron chi connectivity index (χ4n) is 3.07. The summed E-state index contributed by atoms with van der Waals surface area (Å²) in [6.45, 7) is 3.91. The van der Waals surface area contributed by atoms with Gasteiger partial charge in [-0.3, -0.25) is 0 Å². The Balaban J connectivity index is 1.70. The maximum atomic E-state index is 11.5. The van der Waals surface area contributed by atoms with E-state index in [0.717, 1.165) is 25.3 Å². The van der Waals surface area contributed by atoms with Crippen molar-refractivity contribution in [3.63, 3.8) is 0 Å². The first-order chi connectivity index (χ1) is 11.2. The lowest BCUT2D eigenvalue weighted by Gasteiger charge is -2.39. The van der Waals surface area contributed by atoms with Gasteiger partial charge in [-0.1, -0.05) is 19.8 Å². The molecule has 23 heavy (non-hydrogen) atoms. The number of ether oxygens (including phenoxy) is 2. The summed E-state index contributed by atoms with van der Waals surface area (Å²) >= 11 is 0. The molecule has 0 radical (unpaired) electrons. The summed E-state index contributed by atoms with van der Waals surface area (Å²) in [5.41, 5.74) is 0.241. The number of nitrogens with zero attached hydrogens (tertiary/aromatic N) is 3. The van der Waals surface area contributed by atoms with E-state index in [1.165, 1.54) is 39.0 Å². The zero-order chi connectivity index (χ0) is 16.2. The van der Waals surface area contributed by atoms with Crippen molar-refractivity contribution in [3.8, 4) is 0 Å². The molecular weight excluding hydrogens is 294 g/mol. The molecule has 1 aromatic rings. The van der Waals surface area contributed by atoms with Gasteiger partial charge in [0.25, 0.3) is 0 Å². The third-order valence-electron chi connectivity index (χ3n) is 4.58. The molecule has 2 aliphatic rings. The van der Waals surface area contributed by atoms with Crippen LogP contribution in [-0.2, 0) is 9.47 Å². The molecule has 0 bridgehead atoms. The Kier molecular flexibility index (Phi) is 5.10. The van der Waals surface area contributed by atoms with Crippen LogP contribution in [0.2, 0.25) is 0 Å². The molecule has 1 saturated carbocycles. The second-order valence-corrected chi connectivity index (χ2v) is 6.43. The summed E-state index contributed by atoms with van der Waals surface area (Å²) in [4.78, 5) is 22.3. The van der Waals surface area contributed by atoms with Crippen molar-refractivity contribution in [2.45, 2.75) is 51.2 Å². The fourth-order valence-corrected chi connectivity index (χ4v) is 3.07. The minimum atomic E-state index is -0.456. The van der Waals surface area contributed by atoms with Gasteiger partial charge in [0.2, 0.25) is 0 Å². The third-order valence-corrected chi connectivity index (χ3v) is 4.58. The molecular formula is C17H25N3O3. The van der Waals surface area contributed by atoms with Gasteiger partial charge in [0.15, 0.2) is 5.69 Å². The van der Waals surface area contributed by atoms with Crippen LogP contribution in [0.1, 0.15) is 49.5 Å². The lowest BCUT2D eigenvalue weighted by atomic mass is 10.1. The van der Waals surface area contributed by atoms with Crippen molar-refractivity contribution in [2.24, 2.45) is 5.92 Å². The first-order valence-corrected chi connectivity index (χ1v) is 8.52. The Morgan fingerprint density at radius 2 is 2.17 bits per heavy atom. The van der Waals surface area contributed by atoms with Crippen LogP contribution in [0.15, 0.2) is 12.4 Å².